The van der Waals surface area contributed by atoms with Gasteiger partial charge in [-0.1, -0.05) is 23.4 Å². The highest BCUT2D eigenvalue weighted by Gasteiger charge is 2.54. The molecule has 11 nitrogen and oxygen atoms in total. The van der Waals surface area contributed by atoms with Crippen LogP contribution in [0.4, 0.5) is 5.13 Å². The molecule has 2 atom stereocenters. The average molecular weight is 526 g/mol. The number of thiazole rings is 1. The van der Waals surface area contributed by atoms with E-state index in [2.05, 4.69) is 15.5 Å². The molecule has 0 saturated carbocycles. The molecule has 2 aliphatic rings. The van der Waals surface area contributed by atoms with Gasteiger partial charge >= 0.3 is 5.97 Å². The Bertz CT molecular complexity index is 1450. The number of thioether (sulfide) groups is 1. The summed E-state index contributed by atoms with van der Waals surface area (Å²) in [6.07, 6.45) is 3.82. The van der Waals surface area contributed by atoms with Gasteiger partial charge in [0.2, 0.25) is 0 Å². The number of nitrogens with two attached hydrogens (primary N) is 1. The Labute approximate surface area is 213 Å². The van der Waals surface area contributed by atoms with Crippen LogP contribution in [0.2, 0.25) is 0 Å². The molecule has 2 aromatic heterocycles. The first-order chi connectivity index (χ1) is 17.4. The van der Waals surface area contributed by atoms with Crippen LogP contribution in [0, 0.1) is 0 Å². The fourth-order valence-corrected chi connectivity index (χ4v) is 6.05. The number of benzene rings is 1. The molecule has 1 saturated heterocycles. The number of pyridine rings is 1. The zero-order valence-corrected chi connectivity index (χ0v) is 20.6. The molecular weight excluding hydrogens is 504 g/mol. The van der Waals surface area contributed by atoms with Gasteiger partial charge in [-0.2, -0.15) is 4.57 Å². The number of aliphatic carboxylic acids is 1. The monoisotopic (exact) mass is 525 g/mol. The molecule has 4 N–H and O–H groups in total. The predicted octanol–water partition coefficient (Wildman–Crippen LogP) is 0.955. The van der Waals surface area contributed by atoms with E-state index in [1.807, 2.05) is 47.3 Å². The van der Waals surface area contributed by atoms with E-state index in [4.69, 9.17) is 10.6 Å². The summed E-state index contributed by atoms with van der Waals surface area (Å²) >= 11 is 2.50. The minimum atomic E-state index is -1.19. The number of rotatable bonds is 7. The number of carbonyl (C=O) groups is 3. The Morgan fingerprint density at radius 3 is 2.81 bits per heavy atom. The Hall–Kier alpha value is -3.97. The maximum atomic E-state index is 13.0. The van der Waals surface area contributed by atoms with Gasteiger partial charge in [-0.05, 0) is 11.5 Å². The second kappa shape index (κ2) is 9.59. The number of carboxylic acids is 1. The van der Waals surface area contributed by atoms with Crippen LogP contribution in [0.15, 0.2) is 63.9 Å². The number of carboxylic acid groups (broad SMARTS) is 1. The molecule has 1 aromatic carbocycles. The number of nitrogens with zero attached hydrogens (tertiary/aromatic N) is 4. The van der Waals surface area contributed by atoms with E-state index in [0.717, 1.165) is 22.1 Å². The van der Waals surface area contributed by atoms with Crippen LogP contribution in [0.25, 0.3) is 10.8 Å². The van der Waals surface area contributed by atoms with Crippen LogP contribution in [0.3, 0.4) is 0 Å². The quantitative estimate of drug-likeness (QED) is 0.179. The van der Waals surface area contributed by atoms with E-state index in [0.29, 0.717) is 17.2 Å². The summed E-state index contributed by atoms with van der Waals surface area (Å²) in [6.45, 7) is 0.306. The van der Waals surface area contributed by atoms with Gasteiger partial charge in [-0.15, -0.1) is 23.1 Å². The van der Waals surface area contributed by atoms with Crippen molar-refractivity contribution in [2.45, 2.75) is 18.6 Å². The van der Waals surface area contributed by atoms with Crippen molar-refractivity contribution in [3.05, 3.63) is 64.4 Å². The third-order valence-corrected chi connectivity index (χ3v) is 7.73. The van der Waals surface area contributed by atoms with Crippen molar-refractivity contribution >= 4 is 62.5 Å². The van der Waals surface area contributed by atoms with Crippen LogP contribution in [0.1, 0.15) is 5.69 Å². The Balaban J connectivity index is 1.36. The van der Waals surface area contributed by atoms with Crippen LogP contribution in [0.5, 0.6) is 0 Å². The van der Waals surface area contributed by atoms with E-state index >= 15 is 0 Å². The summed E-state index contributed by atoms with van der Waals surface area (Å²) in [6, 6.07) is 8.43. The molecule has 2 unspecified atom stereocenters. The van der Waals surface area contributed by atoms with E-state index < -0.39 is 29.9 Å². The number of allylic oxidation sites excluding steroid dienone is 1. The van der Waals surface area contributed by atoms with E-state index in [9.17, 15) is 19.5 Å². The fourth-order valence-electron chi connectivity index (χ4n) is 4.22. The number of oxime groups is 1. The first-order valence-electron chi connectivity index (χ1n) is 10.8. The third kappa shape index (κ3) is 4.27. The molecule has 2 aliphatic heterocycles. The minimum absolute atomic E-state index is 0.0644. The number of carbonyl (C=O) groups excluding carboxylic acids is 2. The minimum Gasteiger partial charge on any atom is -0.477 e. The maximum Gasteiger partial charge on any atom is 0.353 e. The highest BCUT2D eigenvalue weighted by molar-refractivity contribution is 8.03. The van der Waals surface area contributed by atoms with Crippen LogP contribution in [-0.2, 0) is 25.8 Å². The normalized spacial score (nSPS) is 19.6. The molecule has 0 spiro atoms. The highest BCUT2D eigenvalue weighted by Crippen LogP contribution is 2.39. The SMILES string of the molecule is CON=C(C(=O)NC1C(=O)N2C(C(=O)O)=C(C[n+]3ccc4ccccc4c3)SCC12)c1csc(N)n1. The molecule has 4 heterocycles. The van der Waals surface area contributed by atoms with E-state index in [1.54, 1.807) is 5.38 Å². The van der Waals surface area contributed by atoms with Crippen molar-refractivity contribution in [1.29, 1.82) is 0 Å². The zero-order valence-electron chi connectivity index (χ0n) is 19.0. The number of β-lactam (4-membered cyclic amide) rings is 1. The lowest BCUT2D eigenvalue weighted by Gasteiger charge is -2.49. The van der Waals surface area contributed by atoms with Gasteiger partial charge in [0.1, 0.15) is 24.5 Å². The standard InChI is InChI=1S/C23H20N6O5S2/c1-34-27-17(14-10-36-23(24)25-14)20(30)26-18-15-11-35-16(19(22(32)33)29(15)21(18)31)9-28-7-6-12-4-2-3-5-13(12)8-28/h2-8,10,15,18H,9,11H2,1H3,(H3-,24,25,26,30,32,33)/p+1. The summed E-state index contributed by atoms with van der Waals surface area (Å²) in [7, 11) is 1.29. The number of nitrogen functional groups attached to an aromatic ring is 1. The molecule has 0 radical (unpaired) electrons. The number of fused-ring (bicyclic) bond motifs is 2. The van der Waals surface area contributed by atoms with Crippen LogP contribution < -0.4 is 15.6 Å². The molecular formula is C23H21N6O5S2+. The molecule has 13 heteroatoms. The van der Waals surface area contributed by atoms with Gasteiger partial charge in [0, 0.05) is 22.6 Å². The Morgan fingerprint density at radius 2 is 2.11 bits per heavy atom. The van der Waals surface area contributed by atoms with Gasteiger partial charge in [0.25, 0.3) is 11.8 Å². The van der Waals surface area contributed by atoms with Crippen molar-refractivity contribution in [2.75, 3.05) is 18.6 Å². The Kier molecular flexibility index (Phi) is 6.33. The first kappa shape index (κ1) is 23.8. The van der Waals surface area contributed by atoms with Crippen LogP contribution >= 0.6 is 23.1 Å². The number of aromatic nitrogens is 2. The van der Waals surface area contributed by atoms with Crippen molar-refractivity contribution < 1.29 is 28.9 Å². The third-order valence-electron chi connectivity index (χ3n) is 5.88. The summed E-state index contributed by atoms with van der Waals surface area (Å²) in [5, 5.41) is 20.2. The summed E-state index contributed by atoms with van der Waals surface area (Å²) in [5.74, 6) is -1.93. The lowest BCUT2D eigenvalue weighted by atomic mass is 9.94. The number of hydrogen-bond acceptors (Lipinski definition) is 9. The number of hydrogen-bond donors (Lipinski definition) is 3. The number of anilines is 1. The van der Waals surface area contributed by atoms with Crippen molar-refractivity contribution in [3.63, 3.8) is 0 Å². The van der Waals surface area contributed by atoms with Crippen LogP contribution in [-0.4, -0.2) is 63.4 Å². The molecule has 2 amide bonds. The molecule has 1 fully saturated rings. The molecule has 184 valence electrons. The largest absolute Gasteiger partial charge is 0.477 e. The lowest BCUT2D eigenvalue weighted by Crippen LogP contribution is -2.73. The van der Waals surface area contributed by atoms with Crippen molar-refractivity contribution in [3.8, 4) is 0 Å². The summed E-state index contributed by atoms with van der Waals surface area (Å²) in [5.41, 5.74) is 5.69. The molecule has 0 aliphatic carbocycles. The Morgan fingerprint density at radius 1 is 1.33 bits per heavy atom. The molecule has 0 bridgehead atoms. The average Bonchev–Trinajstić information content (AvgIpc) is 3.30. The lowest BCUT2D eigenvalue weighted by molar-refractivity contribution is -0.686. The van der Waals surface area contributed by atoms with E-state index in [-0.39, 0.29) is 22.2 Å². The second-order valence-corrected chi connectivity index (χ2v) is 10.1. The van der Waals surface area contributed by atoms with Crippen molar-refractivity contribution in [1.82, 2.24) is 15.2 Å². The van der Waals surface area contributed by atoms with E-state index in [1.165, 1.54) is 23.8 Å². The molecule has 5 rings (SSSR count). The number of nitrogens with one attached hydrogen (secondary N) is 1. The number of amides is 2. The smallest absolute Gasteiger partial charge is 0.353 e. The fraction of sp³-hybridized carbons (Fsp3) is 0.217. The van der Waals surface area contributed by atoms with Gasteiger partial charge in [-0.3, -0.25) is 14.5 Å². The summed E-state index contributed by atoms with van der Waals surface area (Å²) < 4.78 is 1.89. The highest BCUT2D eigenvalue weighted by atomic mass is 32.2. The van der Waals surface area contributed by atoms with Gasteiger partial charge in [0.15, 0.2) is 29.8 Å². The van der Waals surface area contributed by atoms with Gasteiger partial charge < -0.3 is 21.0 Å². The first-order valence-corrected chi connectivity index (χ1v) is 12.7. The topological polar surface area (TPSA) is 151 Å². The van der Waals surface area contributed by atoms with Gasteiger partial charge in [0.05, 0.1) is 10.9 Å². The van der Waals surface area contributed by atoms with Gasteiger partial charge in [-0.25, -0.2) is 9.78 Å². The molecule has 36 heavy (non-hydrogen) atoms. The van der Waals surface area contributed by atoms with Crippen molar-refractivity contribution in [2.24, 2.45) is 5.16 Å². The second-order valence-electron chi connectivity index (χ2n) is 8.05. The molecule has 3 aromatic rings. The zero-order chi connectivity index (χ0) is 25.4. The summed E-state index contributed by atoms with van der Waals surface area (Å²) in [4.78, 5) is 48.8. The maximum absolute atomic E-state index is 13.0. The predicted molar refractivity (Wildman–Crippen MR) is 134 cm³/mol.